The largest absolute Gasteiger partial charge is 0.214 e. The van der Waals surface area contributed by atoms with E-state index in [-0.39, 0.29) is 0 Å². The number of hydrogen-bond acceptors (Lipinski definition) is 4. The molecular formula is C16H13ClN4S. The molecule has 0 atom stereocenters. The Hall–Kier alpha value is -2.11. The third-order valence-corrected chi connectivity index (χ3v) is 4.05. The molecule has 0 spiro atoms. The molecular weight excluding hydrogens is 316 g/mol. The van der Waals surface area contributed by atoms with Crippen LogP contribution in [-0.2, 0) is 0 Å². The van der Waals surface area contributed by atoms with Gasteiger partial charge in [-0.1, -0.05) is 65.8 Å². The standard InChI is InChI=1S/C16H13ClN4S/c17-14-8-10-15(11-9-14)21-16(18-19-20-21)22-12-4-7-13-5-2-1-3-6-13/h1-11H,12H2/b7-4+. The van der Waals surface area contributed by atoms with E-state index in [2.05, 4.69) is 39.8 Å². The Labute approximate surface area is 137 Å². The van der Waals surface area contributed by atoms with Gasteiger partial charge in [-0.15, -0.1) is 5.10 Å². The van der Waals surface area contributed by atoms with Crippen LogP contribution in [0.5, 0.6) is 0 Å². The summed E-state index contributed by atoms with van der Waals surface area (Å²) in [5.74, 6) is 0.795. The highest BCUT2D eigenvalue weighted by molar-refractivity contribution is 7.99. The average molecular weight is 329 g/mol. The normalized spacial score (nSPS) is 11.1. The van der Waals surface area contributed by atoms with E-state index in [4.69, 9.17) is 11.6 Å². The number of benzene rings is 2. The summed E-state index contributed by atoms with van der Waals surface area (Å²) in [6.07, 6.45) is 4.18. The quantitative estimate of drug-likeness (QED) is 0.661. The van der Waals surface area contributed by atoms with E-state index in [0.717, 1.165) is 16.6 Å². The van der Waals surface area contributed by atoms with Gasteiger partial charge < -0.3 is 0 Å². The van der Waals surface area contributed by atoms with Crippen molar-refractivity contribution in [2.24, 2.45) is 0 Å². The van der Waals surface area contributed by atoms with Crippen LogP contribution in [0.25, 0.3) is 11.8 Å². The minimum atomic E-state index is 0.692. The number of tetrazole rings is 1. The summed E-state index contributed by atoms with van der Waals surface area (Å²) in [5, 5.41) is 13.3. The molecule has 110 valence electrons. The maximum absolute atomic E-state index is 5.90. The Bertz CT molecular complexity index is 753. The van der Waals surface area contributed by atoms with Crippen molar-refractivity contribution in [1.82, 2.24) is 20.2 Å². The lowest BCUT2D eigenvalue weighted by atomic mass is 10.2. The summed E-state index contributed by atoms with van der Waals surface area (Å²) in [5.41, 5.74) is 2.07. The lowest BCUT2D eigenvalue weighted by molar-refractivity contribution is 0.757. The fourth-order valence-corrected chi connectivity index (χ4v) is 2.71. The predicted molar refractivity (Wildman–Crippen MR) is 90.4 cm³/mol. The number of rotatable bonds is 5. The SMILES string of the molecule is Clc1ccc(-n2nnnc2SC/C=C/c2ccccc2)cc1. The fraction of sp³-hybridized carbons (Fsp3) is 0.0625. The van der Waals surface area contributed by atoms with Crippen molar-refractivity contribution in [1.29, 1.82) is 0 Å². The van der Waals surface area contributed by atoms with Crippen LogP contribution in [0.1, 0.15) is 5.56 Å². The van der Waals surface area contributed by atoms with Crippen LogP contribution in [0.15, 0.2) is 65.8 Å². The molecule has 0 N–H and O–H groups in total. The van der Waals surface area contributed by atoms with E-state index in [1.165, 1.54) is 5.56 Å². The molecule has 0 bridgehead atoms. The lowest BCUT2D eigenvalue weighted by Gasteiger charge is -2.02. The van der Waals surface area contributed by atoms with Gasteiger partial charge in [-0.25, -0.2) is 0 Å². The first-order valence-electron chi connectivity index (χ1n) is 6.71. The second kappa shape index (κ2) is 7.24. The summed E-state index contributed by atoms with van der Waals surface area (Å²) in [4.78, 5) is 0. The van der Waals surface area contributed by atoms with Crippen LogP contribution < -0.4 is 0 Å². The van der Waals surface area contributed by atoms with Gasteiger partial charge in [0.15, 0.2) is 0 Å². The zero-order valence-corrected chi connectivity index (χ0v) is 13.2. The smallest absolute Gasteiger partial charge is 0.187 e. The average Bonchev–Trinajstić information content (AvgIpc) is 3.02. The van der Waals surface area contributed by atoms with Gasteiger partial charge in [0.1, 0.15) is 0 Å². The Balaban J connectivity index is 1.66. The highest BCUT2D eigenvalue weighted by Gasteiger charge is 2.07. The maximum Gasteiger partial charge on any atom is 0.214 e. The zero-order valence-electron chi connectivity index (χ0n) is 11.6. The highest BCUT2D eigenvalue weighted by Crippen LogP contribution is 2.20. The van der Waals surface area contributed by atoms with Crippen LogP contribution in [0, 0.1) is 0 Å². The molecule has 0 aliphatic carbocycles. The first-order valence-corrected chi connectivity index (χ1v) is 8.08. The molecule has 2 aromatic carbocycles. The van der Waals surface area contributed by atoms with Gasteiger partial charge in [-0.3, -0.25) is 0 Å². The Morgan fingerprint density at radius 2 is 1.82 bits per heavy atom. The summed E-state index contributed by atoms with van der Waals surface area (Å²) in [7, 11) is 0. The third-order valence-electron chi connectivity index (χ3n) is 2.93. The van der Waals surface area contributed by atoms with Crippen molar-refractivity contribution in [3.8, 4) is 5.69 Å². The Morgan fingerprint density at radius 3 is 2.59 bits per heavy atom. The maximum atomic E-state index is 5.90. The van der Waals surface area contributed by atoms with Crippen LogP contribution in [0.3, 0.4) is 0 Å². The highest BCUT2D eigenvalue weighted by atomic mass is 35.5. The third kappa shape index (κ3) is 3.75. The Kier molecular flexibility index (Phi) is 4.88. The molecule has 22 heavy (non-hydrogen) atoms. The topological polar surface area (TPSA) is 43.6 Å². The van der Waals surface area contributed by atoms with Crippen LogP contribution >= 0.6 is 23.4 Å². The van der Waals surface area contributed by atoms with E-state index in [9.17, 15) is 0 Å². The van der Waals surface area contributed by atoms with Gasteiger partial charge in [0.2, 0.25) is 5.16 Å². The molecule has 0 fully saturated rings. The van der Waals surface area contributed by atoms with E-state index < -0.39 is 0 Å². The molecule has 0 saturated carbocycles. The molecule has 4 nitrogen and oxygen atoms in total. The first kappa shape index (κ1) is 14.8. The predicted octanol–water partition coefficient (Wildman–Crippen LogP) is 4.12. The number of thioether (sulfide) groups is 1. The van der Waals surface area contributed by atoms with Crippen molar-refractivity contribution in [3.05, 3.63) is 71.3 Å². The lowest BCUT2D eigenvalue weighted by Crippen LogP contribution is -1.98. The van der Waals surface area contributed by atoms with Gasteiger partial charge in [-0.2, -0.15) is 4.68 Å². The van der Waals surface area contributed by atoms with E-state index in [0.29, 0.717) is 5.02 Å². The zero-order chi connectivity index (χ0) is 15.2. The molecule has 0 radical (unpaired) electrons. The molecule has 0 aliphatic rings. The first-order chi connectivity index (χ1) is 10.8. The molecule has 1 heterocycles. The second-order valence-electron chi connectivity index (χ2n) is 4.47. The van der Waals surface area contributed by atoms with Crippen LogP contribution in [0.2, 0.25) is 5.02 Å². The number of halogens is 1. The van der Waals surface area contributed by atoms with E-state index >= 15 is 0 Å². The van der Waals surface area contributed by atoms with Crippen molar-refractivity contribution in [2.45, 2.75) is 5.16 Å². The van der Waals surface area contributed by atoms with Crippen molar-refractivity contribution in [3.63, 3.8) is 0 Å². The number of nitrogens with zero attached hydrogens (tertiary/aromatic N) is 4. The summed E-state index contributed by atoms with van der Waals surface area (Å²) < 4.78 is 1.71. The minimum Gasteiger partial charge on any atom is -0.187 e. The van der Waals surface area contributed by atoms with Gasteiger partial charge in [0.05, 0.1) is 5.69 Å². The van der Waals surface area contributed by atoms with Crippen LogP contribution in [0.4, 0.5) is 0 Å². The van der Waals surface area contributed by atoms with Crippen LogP contribution in [-0.4, -0.2) is 26.0 Å². The van der Waals surface area contributed by atoms with Crippen molar-refractivity contribution in [2.75, 3.05) is 5.75 Å². The summed E-state index contributed by atoms with van der Waals surface area (Å²) >= 11 is 7.48. The van der Waals surface area contributed by atoms with Gasteiger partial charge in [0, 0.05) is 10.8 Å². The number of hydrogen-bond donors (Lipinski definition) is 0. The van der Waals surface area contributed by atoms with E-state index in [1.54, 1.807) is 16.4 Å². The monoisotopic (exact) mass is 328 g/mol. The van der Waals surface area contributed by atoms with Crippen molar-refractivity contribution < 1.29 is 0 Å². The molecule has 1 aromatic heterocycles. The summed E-state index contributed by atoms with van der Waals surface area (Å²) in [6.45, 7) is 0. The van der Waals surface area contributed by atoms with Gasteiger partial charge in [0.25, 0.3) is 0 Å². The summed E-state index contributed by atoms with van der Waals surface area (Å²) in [6, 6.07) is 17.6. The molecule has 0 aliphatic heterocycles. The molecule has 0 unspecified atom stereocenters. The molecule has 0 saturated heterocycles. The minimum absolute atomic E-state index is 0.692. The van der Waals surface area contributed by atoms with Crippen molar-refractivity contribution >= 4 is 29.4 Å². The molecule has 3 aromatic rings. The second-order valence-corrected chi connectivity index (χ2v) is 5.90. The van der Waals surface area contributed by atoms with E-state index in [1.807, 2.05) is 42.5 Å². The fourth-order valence-electron chi connectivity index (χ4n) is 1.88. The van der Waals surface area contributed by atoms with Gasteiger partial charge >= 0.3 is 0 Å². The number of aromatic nitrogens is 4. The molecule has 0 amide bonds. The Morgan fingerprint density at radius 1 is 1.05 bits per heavy atom. The molecule has 6 heteroatoms. The molecule has 3 rings (SSSR count). The van der Waals surface area contributed by atoms with Gasteiger partial charge in [-0.05, 0) is 40.3 Å².